The first-order valence-corrected chi connectivity index (χ1v) is 11.2. The Kier molecular flexibility index (Phi) is 6.12. The van der Waals surface area contributed by atoms with Gasteiger partial charge >= 0.3 is 11.7 Å². The molecule has 0 saturated carbocycles. The minimum absolute atomic E-state index is 0.0573. The van der Waals surface area contributed by atoms with Crippen LogP contribution >= 0.6 is 27.3 Å². The van der Waals surface area contributed by atoms with E-state index in [2.05, 4.69) is 27.8 Å². The maximum atomic E-state index is 13.0. The van der Waals surface area contributed by atoms with Gasteiger partial charge < -0.3 is 5.11 Å². The molecule has 0 fully saturated rings. The van der Waals surface area contributed by atoms with Crippen molar-refractivity contribution in [2.75, 3.05) is 0 Å². The first-order chi connectivity index (χ1) is 15.3. The molecule has 0 aliphatic heterocycles. The van der Waals surface area contributed by atoms with Crippen LogP contribution in [0, 0.1) is 11.8 Å². The van der Waals surface area contributed by atoms with E-state index in [-0.39, 0.29) is 17.7 Å². The molecule has 1 N–H and O–H groups in total. The van der Waals surface area contributed by atoms with Crippen LogP contribution in [0.2, 0.25) is 0 Å². The second kappa shape index (κ2) is 8.99. The van der Waals surface area contributed by atoms with E-state index in [1.54, 1.807) is 25.2 Å². The number of nitrogens with zero attached hydrogens (tertiary/aromatic N) is 2. The molecule has 0 aliphatic rings. The van der Waals surface area contributed by atoms with Crippen molar-refractivity contribution in [1.29, 1.82) is 0 Å². The van der Waals surface area contributed by atoms with Crippen LogP contribution in [0.15, 0.2) is 68.7 Å². The van der Waals surface area contributed by atoms with Crippen LogP contribution in [0.5, 0.6) is 0 Å². The van der Waals surface area contributed by atoms with Gasteiger partial charge in [0.2, 0.25) is 0 Å². The lowest BCUT2D eigenvalue weighted by Crippen LogP contribution is -2.38. The van der Waals surface area contributed by atoms with E-state index >= 15 is 0 Å². The van der Waals surface area contributed by atoms with Gasteiger partial charge in [-0.15, -0.1) is 11.3 Å². The fraction of sp³-hybridized carbons (Fsp3) is 0.125. The molecule has 4 rings (SSSR count). The van der Waals surface area contributed by atoms with Crippen molar-refractivity contribution in [3.63, 3.8) is 0 Å². The van der Waals surface area contributed by atoms with Crippen LogP contribution in [0.3, 0.4) is 0 Å². The largest absolute Gasteiger partial charge is 0.478 e. The number of fused-ring (bicyclic) bond motifs is 1. The van der Waals surface area contributed by atoms with Crippen LogP contribution < -0.4 is 11.2 Å². The number of aromatic nitrogens is 2. The second-order valence-electron chi connectivity index (χ2n) is 7.17. The Morgan fingerprint density at radius 2 is 1.72 bits per heavy atom. The number of carboxylic acid groups (broad SMARTS) is 1. The van der Waals surface area contributed by atoms with Crippen molar-refractivity contribution < 1.29 is 9.90 Å². The second-order valence-corrected chi connectivity index (χ2v) is 9.12. The molecule has 0 aliphatic carbocycles. The summed E-state index contributed by atoms with van der Waals surface area (Å²) in [7, 11) is 1.63. The number of halogens is 1. The molecule has 0 saturated heterocycles. The molecule has 160 valence electrons. The smallest absolute Gasteiger partial charge is 0.335 e. The molecule has 8 heteroatoms. The molecule has 0 spiro atoms. The fourth-order valence-corrected chi connectivity index (χ4v) is 4.50. The Labute approximate surface area is 195 Å². The summed E-state index contributed by atoms with van der Waals surface area (Å²) in [5, 5.41) is 9.46. The first-order valence-electron chi connectivity index (χ1n) is 9.62. The number of hydrogen-bond donors (Lipinski definition) is 1. The number of aryl methyl sites for hydroxylation is 1. The van der Waals surface area contributed by atoms with Gasteiger partial charge in [0, 0.05) is 17.9 Å². The predicted octanol–water partition coefficient (Wildman–Crippen LogP) is 3.86. The number of carbonyl (C=O) groups is 1. The van der Waals surface area contributed by atoms with Crippen molar-refractivity contribution >= 4 is 43.5 Å². The molecule has 4 aromatic rings. The highest BCUT2D eigenvalue weighted by atomic mass is 79.9. The molecule has 0 atom stereocenters. The van der Waals surface area contributed by atoms with Gasteiger partial charge in [-0.3, -0.25) is 13.9 Å². The lowest BCUT2D eigenvalue weighted by Gasteiger charge is -2.08. The normalized spacial score (nSPS) is 10.7. The summed E-state index contributed by atoms with van der Waals surface area (Å²) in [6.07, 6.45) is 0.580. The van der Waals surface area contributed by atoms with Gasteiger partial charge in [-0.1, -0.05) is 52.0 Å². The average molecular weight is 509 g/mol. The summed E-state index contributed by atoms with van der Waals surface area (Å²) in [5.74, 6) is 5.19. The van der Waals surface area contributed by atoms with Crippen molar-refractivity contribution in [3.05, 3.63) is 101 Å². The Balaban J connectivity index is 1.66. The van der Waals surface area contributed by atoms with E-state index in [0.29, 0.717) is 27.1 Å². The Morgan fingerprint density at radius 1 is 1.06 bits per heavy atom. The third kappa shape index (κ3) is 4.44. The maximum absolute atomic E-state index is 13.0. The van der Waals surface area contributed by atoms with Gasteiger partial charge in [0.1, 0.15) is 4.83 Å². The van der Waals surface area contributed by atoms with Gasteiger partial charge in [0.25, 0.3) is 5.56 Å². The standard InChI is InChI=1S/C24H17BrN2O4S/c1-26-22-20(13-19(32-22)4-2-3-15-7-11-18(25)12-8-15)21(28)27(24(26)31)14-16-5-9-17(10-6-16)23(29)30/h5-13H,3,14H2,1H3,(H,29,30). The first kappa shape index (κ1) is 21.8. The number of hydrogen-bond acceptors (Lipinski definition) is 4. The minimum Gasteiger partial charge on any atom is -0.478 e. The molecule has 6 nitrogen and oxygen atoms in total. The molecule has 2 aromatic heterocycles. The Hall–Kier alpha value is -3.41. The Morgan fingerprint density at radius 3 is 2.38 bits per heavy atom. The number of aromatic carboxylic acids is 1. The quantitative estimate of drug-likeness (QED) is 0.424. The van der Waals surface area contributed by atoms with E-state index in [0.717, 1.165) is 14.6 Å². The summed E-state index contributed by atoms with van der Waals surface area (Å²) in [6, 6.07) is 15.8. The van der Waals surface area contributed by atoms with Crippen LogP contribution in [-0.2, 0) is 20.0 Å². The molecule has 0 radical (unpaired) electrons. The van der Waals surface area contributed by atoms with E-state index in [1.165, 1.54) is 28.0 Å². The third-order valence-corrected chi connectivity index (χ3v) is 6.63. The van der Waals surface area contributed by atoms with Crippen molar-refractivity contribution in [2.24, 2.45) is 7.05 Å². The molecular formula is C24H17BrN2O4S. The molecule has 32 heavy (non-hydrogen) atoms. The number of benzene rings is 2. The zero-order chi connectivity index (χ0) is 22.8. The number of carboxylic acids is 1. The fourth-order valence-electron chi connectivity index (χ4n) is 3.26. The monoisotopic (exact) mass is 508 g/mol. The van der Waals surface area contributed by atoms with Crippen molar-refractivity contribution in [1.82, 2.24) is 9.13 Å². The zero-order valence-corrected chi connectivity index (χ0v) is 19.4. The predicted molar refractivity (Wildman–Crippen MR) is 129 cm³/mol. The number of rotatable bonds is 4. The maximum Gasteiger partial charge on any atom is 0.335 e. The minimum atomic E-state index is -1.03. The van der Waals surface area contributed by atoms with Crippen molar-refractivity contribution in [2.45, 2.75) is 13.0 Å². The van der Waals surface area contributed by atoms with Crippen LogP contribution in [0.4, 0.5) is 0 Å². The third-order valence-electron chi connectivity index (χ3n) is 4.97. The van der Waals surface area contributed by atoms with E-state index < -0.39 is 11.7 Å². The molecule has 2 aromatic carbocycles. The van der Waals surface area contributed by atoms with Gasteiger partial charge in [-0.2, -0.15) is 0 Å². The van der Waals surface area contributed by atoms with Gasteiger partial charge in [0.15, 0.2) is 0 Å². The summed E-state index contributed by atoms with van der Waals surface area (Å²) in [5.41, 5.74) is 1.08. The zero-order valence-electron chi connectivity index (χ0n) is 17.0. The average Bonchev–Trinajstić information content (AvgIpc) is 3.21. The highest BCUT2D eigenvalue weighted by Crippen LogP contribution is 2.21. The SMILES string of the molecule is Cn1c(=O)n(Cc2ccc(C(=O)O)cc2)c(=O)c2cc(C#CCc3ccc(Br)cc3)sc21. The lowest BCUT2D eigenvalue weighted by molar-refractivity contribution is 0.0697. The summed E-state index contributed by atoms with van der Waals surface area (Å²) in [4.78, 5) is 38.2. The molecular weight excluding hydrogens is 492 g/mol. The van der Waals surface area contributed by atoms with Crippen LogP contribution in [0.25, 0.3) is 10.2 Å². The number of thiophene rings is 1. The van der Waals surface area contributed by atoms with Crippen LogP contribution in [-0.4, -0.2) is 20.2 Å². The molecule has 0 bridgehead atoms. The topological polar surface area (TPSA) is 81.3 Å². The summed E-state index contributed by atoms with van der Waals surface area (Å²) in [6.45, 7) is 0.0573. The van der Waals surface area contributed by atoms with E-state index in [4.69, 9.17) is 5.11 Å². The molecule has 0 amide bonds. The van der Waals surface area contributed by atoms with E-state index in [9.17, 15) is 14.4 Å². The highest BCUT2D eigenvalue weighted by Gasteiger charge is 2.14. The highest BCUT2D eigenvalue weighted by molar-refractivity contribution is 9.10. The molecule has 0 unspecified atom stereocenters. The summed E-state index contributed by atoms with van der Waals surface area (Å²) < 4.78 is 3.62. The Bertz CT molecular complexity index is 1500. The van der Waals surface area contributed by atoms with Crippen LogP contribution in [0.1, 0.15) is 26.4 Å². The summed E-state index contributed by atoms with van der Waals surface area (Å²) >= 11 is 4.72. The van der Waals surface area contributed by atoms with E-state index in [1.807, 2.05) is 24.3 Å². The van der Waals surface area contributed by atoms with Gasteiger partial charge in [0.05, 0.1) is 22.4 Å². The lowest BCUT2D eigenvalue weighted by atomic mass is 10.1. The van der Waals surface area contributed by atoms with Gasteiger partial charge in [-0.05, 0) is 41.5 Å². The molecule has 2 heterocycles. The van der Waals surface area contributed by atoms with Crippen molar-refractivity contribution in [3.8, 4) is 11.8 Å². The van der Waals surface area contributed by atoms with Gasteiger partial charge in [-0.25, -0.2) is 9.59 Å².